The van der Waals surface area contributed by atoms with Crippen molar-refractivity contribution >= 4 is 45.0 Å². The molecule has 0 spiro atoms. The lowest BCUT2D eigenvalue weighted by molar-refractivity contribution is -0.148. The number of carbonyl (C=O) groups excluding carboxylic acids is 2. The number of hydroxylamine groups is 1. The quantitative estimate of drug-likeness (QED) is 0.237. The van der Waals surface area contributed by atoms with Gasteiger partial charge in [0.15, 0.2) is 4.99 Å². The molecule has 178 valence electrons. The van der Waals surface area contributed by atoms with Gasteiger partial charge in [-0.3, -0.25) is 19.7 Å². The molecule has 4 rings (SSSR count). The van der Waals surface area contributed by atoms with E-state index in [4.69, 9.17) is 5.73 Å². The summed E-state index contributed by atoms with van der Waals surface area (Å²) in [4.78, 5) is 38.2. The molecule has 0 aromatic heterocycles. The Morgan fingerprint density at radius 2 is 2.15 bits per heavy atom. The molecule has 3 aliphatic rings. The number of fused-ring (bicyclic) bond motifs is 1. The highest BCUT2D eigenvalue weighted by molar-refractivity contribution is 8.16. The minimum atomic E-state index is -1.08. The van der Waals surface area contributed by atoms with Crippen molar-refractivity contribution in [2.45, 2.75) is 35.8 Å². The molecule has 12 nitrogen and oxygen atoms in total. The topological polar surface area (TPSA) is 164 Å². The number of β-lactam (4-membered cyclic amide) rings is 1. The number of nitrogens with zero attached hydrogens (tertiary/aromatic N) is 5. The van der Waals surface area contributed by atoms with Gasteiger partial charge in [-0.25, -0.2) is 9.80 Å². The number of thioether (sulfide) groups is 1. The standard InChI is InChI=1S/C19H25N7O5S2/c1-24-19(26(31)23-22-24)32-15(20)11-5-3-4-10(8-11)9-13(27)21-14-12-6-7-33(2)17(18(29)30)25(12)16(14)28/h3-5,8,12,14-15,19,31H,6-7,9,20H2,1-2H3,(H,21,27)(H,29,30). The summed E-state index contributed by atoms with van der Waals surface area (Å²) in [5, 5.41) is 30.9. The van der Waals surface area contributed by atoms with E-state index in [0.29, 0.717) is 12.2 Å². The van der Waals surface area contributed by atoms with Crippen LogP contribution in [0, 0.1) is 0 Å². The summed E-state index contributed by atoms with van der Waals surface area (Å²) in [6, 6.07) is 6.19. The molecule has 5 atom stereocenters. The largest absolute Gasteiger partial charge is 0.476 e. The number of hydrogen-bond acceptors (Lipinski definition) is 10. The van der Waals surface area contributed by atoms with E-state index in [0.717, 1.165) is 16.3 Å². The van der Waals surface area contributed by atoms with Gasteiger partial charge in [0.05, 0.1) is 17.8 Å². The van der Waals surface area contributed by atoms with Gasteiger partial charge in [-0.1, -0.05) is 36.0 Å². The maximum atomic E-state index is 12.7. The van der Waals surface area contributed by atoms with E-state index < -0.39 is 33.4 Å². The monoisotopic (exact) mass is 495 g/mol. The van der Waals surface area contributed by atoms with Gasteiger partial charge in [0.2, 0.25) is 11.4 Å². The summed E-state index contributed by atoms with van der Waals surface area (Å²) in [7, 11) is 1.18. The normalized spacial score (nSPS) is 27.3. The highest BCUT2D eigenvalue weighted by Gasteiger charge is 2.52. The second kappa shape index (κ2) is 9.29. The fraction of sp³-hybridized carbons (Fsp3) is 0.474. The summed E-state index contributed by atoms with van der Waals surface area (Å²) >= 11 is 1.23. The molecule has 2 amide bonds. The van der Waals surface area contributed by atoms with Crippen LogP contribution in [0.15, 0.2) is 34.7 Å². The Balaban J connectivity index is 1.36. The number of rotatable bonds is 7. The van der Waals surface area contributed by atoms with Gasteiger partial charge in [0, 0.05) is 7.05 Å². The Hall–Kier alpha value is -2.68. The van der Waals surface area contributed by atoms with E-state index in [1.807, 2.05) is 12.3 Å². The van der Waals surface area contributed by atoms with Crippen LogP contribution in [0.2, 0.25) is 0 Å². The van der Waals surface area contributed by atoms with Gasteiger partial charge in [0.1, 0.15) is 6.04 Å². The molecular formula is C19H25N7O5S2. The predicted octanol–water partition coefficient (Wildman–Crippen LogP) is 0.335. The number of nitrogens with one attached hydrogen (secondary N) is 1. The first kappa shape index (κ1) is 23.5. The van der Waals surface area contributed by atoms with Crippen molar-refractivity contribution < 1.29 is 24.7 Å². The van der Waals surface area contributed by atoms with Crippen molar-refractivity contribution in [3.63, 3.8) is 0 Å². The first-order chi connectivity index (χ1) is 15.7. The minimum Gasteiger partial charge on any atom is -0.476 e. The van der Waals surface area contributed by atoms with Crippen molar-refractivity contribution in [1.82, 2.24) is 20.4 Å². The SMILES string of the molecule is CN1N=NN(O)C1SC(N)c1cccc(CC(=O)NC2C(=O)N3C(C(=O)O)=S(C)CCC23)c1. The molecule has 0 saturated carbocycles. The fourth-order valence-electron chi connectivity index (χ4n) is 4.05. The van der Waals surface area contributed by atoms with Crippen LogP contribution >= 0.6 is 22.2 Å². The number of carboxylic acid groups (broad SMARTS) is 1. The summed E-state index contributed by atoms with van der Waals surface area (Å²) in [6.45, 7) is 0. The third kappa shape index (κ3) is 4.55. The summed E-state index contributed by atoms with van der Waals surface area (Å²) in [5.74, 6) is -1.09. The van der Waals surface area contributed by atoms with Gasteiger partial charge < -0.3 is 16.2 Å². The molecular weight excluding hydrogens is 470 g/mol. The maximum absolute atomic E-state index is 12.7. The molecule has 3 heterocycles. The summed E-state index contributed by atoms with van der Waals surface area (Å²) in [5.41, 5.74) is 7.18. The molecule has 0 aliphatic carbocycles. The zero-order valence-electron chi connectivity index (χ0n) is 18.0. The number of hydrogen-bond donors (Lipinski definition) is 4. The number of carboxylic acids is 1. The highest BCUT2D eigenvalue weighted by atomic mass is 32.2. The van der Waals surface area contributed by atoms with Crippen LogP contribution in [-0.2, 0) is 20.8 Å². The van der Waals surface area contributed by atoms with Crippen molar-refractivity contribution in [3.8, 4) is 0 Å². The van der Waals surface area contributed by atoms with Crippen LogP contribution in [0.4, 0.5) is 0 Å². The molecule has 1 fully saturated rings. The van der Waals surface area contributed by atoms with Crippen LogP contribution in [0.1, 0.15) is 22.9 Å². The average molecular weight is 496 g/mol. The van der Waals surface area contributed by atoms with Crippen LogP contribution in [0.5, 0.6) is 0 Å². The minimum absolute atomic E-state index is 0.0511. The van der Waals surface area contributed by atoms with Gasteiger partial charge in [0.25, 0.3) is 5.91 Å². The van der Waals surface area contributed by atoms with E-state index in [2.05, 4.69) is 15.8 Å². The number of nitrogens with two attached hydrogens (primary N) is 1. The van der Waals surface area contributed by atoms with Crippen molar-refractivity contribution in [2.24, 2.45) is 16.2 Å². The first-order valence-corrected chi connectivity index (χ1v) is 12.9. The smallest absolute Gasteiger partial charge is 0.358 e. The Morgan fingerprint density at radius 1 is 1.39 bits per heavy atom. The molecule has 1 saturated heterocycles. The Kier molecular flexibility index (Phi) is 6.61. The molecule has 5 N–H and O–H groups in total. The summed E-state index contributed by atoms with van der Waals surface area (Å²) < 4.78 is 0. The molecule has 0 radical (unpaired) electrons. The van der Waals surface area contributed by atoms with Gasteiger partial charge >= 0.3 is 5.97 Å². The number of amides is 2. The van der Waals surface area contributed by atoms with Crippen molar-refractivity contribution in [1.29, 1.82) is 0 Å². The van der Waals surface area contributed by atoms with Crippen molar-refractivity contribution in [2.75, 3.05) is 19.1 Å². The van der Waals surface area contributed by atoms with Crippen molar-refractivity contribution in [3.05, 3.63) is 35.4 Å². The zero-order valence-corrected chi connectivity index (χ0v) is 19.6. The zero-order chi connectivity index (χ0) is 23.9. The molecule has 33 heavy (non-hydrogen) atoms. The van der Waals surface area contributed by atoms with Gasteiger partial charge in [-0.2, -0.15) is 10.5 Å². The Labute approximate surface area is 196 Å². The molecule has 1 aromatic carbocycles. The molecule has 5 unspecified atom stereocenters. The van der Waals surface area contributed by atoms with Crippen LogP contribution in [-0.4, -0.2) is 84.8 Å². The predicted molar refractivity (Wildman–Crippen MR) is 123 cm³/mol. The van der Waals surface area contributed by atoms with Gasteiger partial charge in [-0.15, -0.1) is 5.17 Å². The number of carbonyl (C=O) groups is 3. The van der Waals surface area contributed by atoms with Gasteiger partial charge in [-0.05, 0) is 40.0 Å². The lowest BCUT2D eigenvalue weighted by Gasteiger charge is -2.50. The molecule has 0 bridgehead atoms. The summed E-state index contributed by atoms with van der Waals surface area (Å²) in [6.07, 6.45) is 2.53. The van der Waals surface area contributed by atoms with E-state index in [-0.39, 0.29) is 29.3 Å². The first-order valence-electron chi connectivity index (χ1n) is 10.1. The number of benzene rings is 1. The van der Waals surface area contributed by atoms with Crippen LogP contribution in [0.25, 0.3) is 0 Å². The average Bonchev–Trinajstić information content (AvgIpc) is 3.09. The molecule has 1 aromatic rings. The van der Waals surface area contributed by atoms with E-state index in [1.54, 1.807) is 25.2 Å². The fourth-order valence-corrected chi connectivity index (χ4v) is 6.63. The van der Waals surface area contributed by atoms with E-state index in [1.165, 1.54) is 21.7 Å². The maximum Gasteiger partial charge on any atom is 0.358 e. The lowest BCUT2D eigenvalue weighted by Crippen LogP contribution is -2.74. The molecule has 3 aliphatic heterocycles. The Morgan fingerprint density at radius 3 is 2.82 bits per heavy atom. The lowest BCUT2D eigenvalue weighted by atomic mass is 9.92. The third-order valence-electron chi connectivity index (χ3n) is 5.69. The Bertz CT molecular complexity index is 1040. The van der Waals surface area contributed by atoms with E-state index >= 15 is 0 Å². The number of aliphatic carboxylic acids is 1. The third-order valence-corrected chi connectivity index (χ3v) is 8.87. The molecule has 14 heteroatoms. The second-order valence-electron chi connectivity index (χ2n) is 7.94. The van der Waals surface area contributed by atoms with Crippen LogP contribution in [0.3, 0.4) is 0 Å². The highest BCUT2D eigenvalue weighted by Crippen LogP contribution is 2.35. The van der Waals surface area contributed by atoms with Crippen LogP contribution < -0.4 is 11.1 Å². The van der Waals surface area contributed by atoms with E-state index in [9.17, 15) is 24.7 Å². The second-order valence-corrected chi connectivity index (χ2v) is 11.2.